The van der Waals surface area contributed by atoms with Crippen molar-refractivity contribution in [3.63, 3.8) is 0 Å². The highest BCUT2D eigenvalue weighted by molar-refractivity contribution is 5.24. The molecule has 1 N–H and O–H groups in total. The minimum Gasteiger partial charge on any atom is -0.361 e. The van der Waals surface area contributed by atoms with E-state index in [-0.39, 0.29) is 0 Å². The van der Waals surface area contributed by atoms with Crippen molar-refractivity contribution in [1.29, 1.82) is 0 Å². The second-order valence-electron chi connectivity index (χ2n) is 6.59. The van der Waals surface area contributed by atoms with Crippen LogP contribution < -0.4 is 5.32 Å². The van der Waals surface area contributed by atoms with Gasteiger partial charge in [0.1, 0.15) is 5.76 Å². The van der Waals surface area contributed by atoms with Crippen molar-refractivity contribution in [2.24, 2.45) is 5.92 Å². The van der Waals surface area contributed by atoms with E-state index in [1.54, 1.807) is 0 Å². The quantitative estimate of drug-likeness (QED) is 0.899. The van der Waals surface area contributed by atoms with Crippen LogP contribution in [0.25, 0.3) is 0 Å². The number of hydrogen-bond acceptors (Lipinski definition) is 4. The Balaban J connectivity index is 1.84. The maximum atomic E-state index is 5.27. The number of piperidine rings is 1. The van der Waals surface area contributed by atoms with Crippen LogP contribution in [0.3, 0.4) is 0 Å². The molecule has 1 saturated heterocycles. The molecule has 2 heterocycles. The summed E-state index contributed by atoms with van der Waals surface area (Å²) in [4.78, 5) is 2.59. The molecule has 4 heteroatoms. The Kier molecular flexibility index (Phi) is 5.22. The first kappa shape index (κ1) is 15.5. The first-order valence-electron chi connectivity index (χ1n) is 7.88. The molecule has 0 amide bonds. The van der Waals surface area contributed by atoms with Crippen molar-refractivity contribution >= 4 is 0 Å². The fourth-order valence-corrected chi connectivity index (χ4v) is 3.34. The van der Waals surface area contributed by atoms with E-state index in [0.29, 0.717) is 12.1 Å². The Hall–Kier alpha value is -0.870. The Bertz CT molecular complexity index is 400. The van der Waals surface area contributed by atoms with Crippen LogP contribution >= 0.6 is 0 Å². The van der Waals surface area contributed by atoms with Crippen LogP contribution in [0.15, 0.2) is 4.52 Å². The van der Waals surface area contributed by atoms with E-state index < -0.39 is 0 Å². The van der Waals surface area contributed by atoms with Gasteiger partial charge in [0.2, 0.25) is 0 Å². The number of nitrogens with one attached hydrogen (secondary N) is 1. The van der Waals surface area contributed by atoms with Crippen molar-refractivity contribution in [2.45, 2.75) is 59.5 Å². The maximum Gasteiger partial charge on any atom is 0.138 e. The van der Waals surface area contributed by atoms with Crippen molar-refractivity contribution in [3.8, 4) is 0 Å². The number of rotatable bonds is 5. The van der Waals surface area contributed by atoms with Crippen molar-refractivity contribution in [3.05, 3.63) is 17.0 Å². The van der Waals surface area contributed by atoms with Gasteiger partial charge in [-0.2, -0.15) is 0 Å². The number of aryl methyl sites for hydroxylation is 2. The zero-order valence-electron chi connectivity index (χ0n) is 13.6. The summed E-state index contributed by atoms with van der Waals surface area (Å²) in [6.45, 7) is 14.5. The van der Waals surface area contributed by atoms with E-state index in [2.05, 4.69) is 36.1 Å². The maximum absolute atomic E-state index is 5.27. The second-order valence-corrected chi connectivity index (χ2v) is 6.59. The van der Waals surface area contributed by atoms with Crippen LogP contribution in [-0.2, 0) is 0 Å². The van der Waals surface area contributed by atoms with Gasteiger partial charge in [-0.3, -0.25) is 0 Å². The molecule has 1 aromatic rings. The average molecular weight is 279 g/mol. The van der Waals surface area contributed by atoms with E-state index in [1.165, 1.54) is 38.0 Å². The molecule has 1 aliphatic rings. The van der Waals surface area contributed by atoms with Gasteiger partial charge < -0.3 is 14.7 Å². The Labute approximate surface area is 122 Å². The van der Waals surface area contributed by atoms with E-state index in [1.807, 2.05) is 13.8 Å². The molecule has 1 aromatic heterocycles. The average Bonchev–Trinajstić information content (AvgIpc) is 2.71. The van der Waals surface area contributed by atoms with Gasteiger partial charge in [-0.1, -0.05) is 19.0 Å². The monoisotopic (exact) mass is 279 g/mol. The van der Waals surface area contributed by atoms with E-state index >= 15 is 0 Å². The molecule has 1 unspecified atom stereocenters. The third kappa shape index (κ3) is 3.83. The second kappa shape index (κ2) is 6.72. The molecule has 0 bridgehead atoms. The molecule has 4 nitrogen and oxygen atoms in total. The predicted molar refractivity (Wildman–Crippen MR) is 81.8 cm³/mol. The smallest absolute Gasteiger partial charge is 0.138 e. The topological polar surface area (TPSA) is 41.3 Å². The molecule has 20 heavy (non-hydrogen) atoms. The summed E-state index contributed by atoms with van der Waals surface area (Å²) in [5.74, 6) is 1.71. The zero-order chi connectivity index (χ0) is 14.7. The van der Waals surface area contributed by atoms with Gasteiger partial charge in [0.15, 0.2) is 0 Å². The van der Waals surface area contributed by atoms with Gasteiger partial charge in [-0.25, -0.2) is 0 Å². The predicted octanol–water partition coefficient (Wildman–Crippen LogP) is 3.06. The summed E-state index contributed by atoms with van der Waals surface area (Å²) in [6.07, 6.45) is 2.47. The van der Waals surface area contributed by atoms with E-state index in [0.717, 1.165) is 17.4 Å². The standard InChI is InChI=1S/C16H29N3O/c1-11(2)10-19-8-6-15(7-9-19)17-12(3)16-13(4)18-20-14(16)5/h11-12,15,17H,6-10H2,1-5H3. The summed E-state index contributed by atoms with van der Waals surface area (Å²) >= 11 is 0. The molecule has 0 saturated carbocycles. The molecule has 0 aliphatic carbocycles. The Morgan fingerprint density at radius 1 is 1.25 bits per heavy atom. The van der Waals surface area contributed by atoms with Gasteiger partial charge in [-0.05, 0) is 52.6 Å². The van der Waals surface area contributed by atoms with Crippen LogP contribution in [-0.4, -0.2) is 35.7 Å². The van der Waals surface area contributed by atoms with Crippen molar-refractivity contribution < 1.29 is 4.52 Å². The highest BCUT2D eigenvalue weighted by Gasteiger charge is 2.23. The van der Waals surface area contributed by atoms with Crippen LogP contribution in [0.4, 0.5) is 0 Å². The lowest BCUT2D eigenvalue weighted by atomic mass is 10.00. The fraction of sp³-hybridized carbons (Fsp3) is 0.812. The minimum absolute atomic E-state index is 0.322. The lowest BCUT2D eigenvalue weighted by Crippen LogP contribution is -2.44. The number of aromatic nitrogens is 1. The molecule has 1 aliphatic heterocycles. The highest BCUT2D eigenvalue weighted by atomic mass is 16.5. The lowest BCUT2D eigenvalue weighted by Gasteiger charge is -2.34. The largest absolute Gasteiger partial charge is 0.361 e. The van der Waals surface area contributed by atoms with E-state index in [4.69, 9.17) is 4.52 Å². The van der Waals surface area contributed by atoms with Crippen LogP contribution in [0, 0.1) is 19.8 Å². The van der Waals surface area contributed by atoms with Crippen LogP contribution in [0.2, 0.25) is 0 Å². The van der Waals surface area contributed by atoms with Crippen LogP contribution in [0.5, 0.6) is 0 Å². The molecule has 0 spiro atoms. The lowest BCUT2D eigenvalue weighted by molar-refractivity contribution is 0.175. The number of nitrogens with zero attached hydrogens (tertiary/aromatic N) is 2. The molecular formula is C16H29N3O. The first-order chi connectivity index (χ1) is 9.47. The molecule has 2 rings (SSSR count). The van der Waals surface area contributed by atoms with Crippen LogP contribution in [0.1, 0.15) is 56.7 Å². The Morgan fingerprint density at radius 3 is 2.40 bits per heavy atom. The summed E-state index contributed by atoms with van der Waals surface area (Å²) in [6, 6.07) is 0.935. The molecule has 0 radical (unpaired) electrons. The van der Waals surface area contributed by atoms with Gasteiger partial charge in [0.05, 0.1) is 5.69 Å². The van der Waals surface area contributed by atoms with Gasteiger partial charge in [-0.15, -0.1) is 0 Å². The summed E-state index contributed by atoms with van der Waals surface area (Å²) in [5.41, 5.74) is 2.24. The molecule has 1 atom stereocenters. The SMILES string of the molecule is Cc1noc(C)c1C(C)NC1CCN(CC(C)C)CC1. The third-order valence-electron chi connectivity index (χ3n) is 4.22. The molecule has 114 valence electrons. The van der Waals surface area contributed by atoms with Gasteiger partial charge in [0, 0.05) is 24.2 Å². The fourth-order valence-electron chi connectivity index (χ4n) is 3.34. The summed E-state index contributed by atoms with van der Waals surface area (Å²) in [5, 5.41) is 7.80. The first-order valence-corrected chi connectivity index (χ1v) is 7.88. The Morgan fingerprint density at radius 2 is 1.90 bits per heavy atom. The zero-order valence-corrected chi connectivity index (χ0v) is 13.6. The number of likely N-dealkylation sites (tertiary alicyclic amines) is 1. The van der Waals surface area contributed by atoms with Gasteiger partial charge >= 0.3 is 0 Å². The van der Waals surface area contributed by atoms with Crippen molar-refractivity contribution in [1.82, 2.24) is 15.4 Å². The minimum atomic E-state index is 0.322. The van der Waals surface area contributed by atoms with Gasteiger partial charge in [0.25, 0.3) is 0 Å². The normalized spacial score (nSPS) is 19.7. The summed E-state index contributed by atoms with van der Waals surface area (Å²) < 4.78 is 5.27. The number of hydrogen-bond donors (Lipinski definition) is 1. The molecular weight excluding hydrogens is 250 g/mol. The third-order valence-corrected chi connectivity index (χ3v) is 4.22. The summed E-state index contributed by atoms with van der Waals surface area (Å²) in [7, 11) is 0. The van der Waals surface area contributed by atoms with Crippen molar-refractivity contribution in [2.75, 3.05) is 19.6 Å². The molecule has 0 aromatic carbocycles. The highest BCUT2D eigenvalue weighted by Crippen LogP contribution is 2.23. The molecule has 1 fully saturated rings. The van der Waals surface area contributed by atoms with E-state index in [9.17, 15) is 0 Å².